The number of hydrogen-bond donors (Lipinski definition) is 1. The number of nitrogens with one attached hydrogen (secondary N) is 1. The third-order valence-electron chi connectivity index (χ3n) is 3.29. The standard InChI is InChI=1S/C13H24N2O/c1-3-15-13(2,11-14)9-4-5-10-16-12-7-6-8-12/h12,15H,3-10H2,1-2H3. The molecule has 1 unspecified atom stereocenters. The molecule has 0 radical (unpaired) electrons. The fraction of sp³-hybridized carbons (Fsp3) is 0.923. The summed E-state index contributed by atoms with van der Waals surface area (Å²) in [6.45, 7) is 5.72. The first-order chi connectivity index (χ1) is 7.70. The predicted octanol–water partition coefficient (Wildman–Crippen LogP) is 2.62. The second-order valence-corrected chi connectivity index (χ2v) is 4.86. The lowest BCUT2D eigenvalue weighted by molar-refractivity contribution is 0.000340. The van der Waals surface area contributed by atoms with E-state index >= 15 is 0 Å². The van der Waals surface area contributed by atoms with Gasteiger partial charge in [0, 0.05) is 6.61 Å². The highest BCUT2D eigenvalue weighted by molar-refractivity contribution is 5.03. The van der Waals surface area contributed by atoms with Gasteiger partial charge < -0.3 is 4.74 Å². The molecule has 0 aromatic rings. The Bertz CT molecular complexity index is 233. The Balaban J connectivity index is 2.02. The third kappa shape index (κ3) is 4.51. The summed E-state index contributed by atoms with van der Waals surface area (Å²) in [5.74, 6) is 0. The molecule has 1 fully saturated rings. The molecule has 3 heteroatoms. The molecule has 1 atom stereocenters. The van der Waals surface area contributed by atoms with Gasteiger partial charge in [0.2, 0.25) is 0 Å². The van der Waals surface area contributed by atoms with Gasteiger partial charge in [-0.15, -0.1) is 0 Å². The van der Waals surface area contributed by atoms with E-state index in [0.29, 0.717) is 6.10 Å². The molecule has 0 saturated heterocycles. The second-order valence-electron chi connectivity index (χ2n) is 4.86. The van der Waals surface area contributed by atoms with Gasteiger partial charge >= 0.3 is 0 Å². The third-order valence-corrected chi connectivity index (χ3v) is 3.29. The fourth-order valence-electron chi connectivity index (χ4n) is 1.94. The van der Waals surface area contributed by atoms with Gasteiger partial charge in [0.05, 0.1) is 12.2 Å². The summed E-state index contributed by atoms with van der Waals surface area (Å²) < 4.78 is 5.68. The summed E-state index contributed by atoms with van der Waals surface area (Å²) in [6, 6.07) is 2.35. The van der Waals surface area contributed by atoms with Crippen LogP contribution in [-0.2, 0) is 4.74 Å². The highest BCUT2D eigenvalue weighted by Crippen LogP contribution is 2.22. The van der Waals surface area contributed by atoms with Gasteiger partial charge in [-0.2, -0.15) is 5.26 Å². The van der Waals surface area contributed by atoms with Crippen molar-refractivity contribution in [2.75, 3.05) is 13.2 Å². The van der Waals surface area contributed by atoms with Crippen LogP contribution in [0.2, 0.25) is 0 Å². The lowest BCUT2D eigenvalue weighted by Gasteiger charge is -2.26. The van der Waals surface area contributed by atoms with Gasteiger partial charge in [0.25, 0.3) is 0 Å². The molecule has 0 amide bonds. The van der Waals surface area contributed by atoms with Crippen LogP contribution < -0.4 is 5.32 Å². The van der Waals surface area contributed by atoms with Crippen molar-refractivity contribution in [2.45, 2.75) is 64.0 Å². The van der Waals surface area contributed by atoms with E-state index in [1.165, 1.54) is 19.3 Å². The molecule has 0 spiro atoms. The van der Waals surface area contributed by atoms with Crippen LogP contribution in [0, 0.1) is 11.3 Å². The monoisotopic (exact) mass is 224 g/mol. The first-order valence-electron chi connectivity index (χ1n) is 6.48. The average molecular weight is 224 g/mol. The van der Waals surface area contributed by atoms with Crippen molar-refractivity contribution in [3.05, 3.63) is 0 Å². The minimum absolute atomic E-state index is 0.356. The van der Waals surface area contributed by atoms with Gasteiger partial charge in [-0.3, -0.25) is 5.32 Å². The van der Waals surface area contributed by atoms with Gasteiger partial charge in [-0.1, -0.05) is 6.92 Å². The number of nitrogens with zero attached hydrogens (tertiary/aromatic N) is 1. The SMILES string of the molecule is CCNC(C)(C#N)CCCCOC1CCC1. The molecular weight excluding hydrogens is 200 g/mol. The van der Waals surface area contributed by atoms with E-state index in [2.05, 4.69) is 11.4 Å². The second kappa shape index (κ2) is 6.88. The highest BCUT2D eigenvalue weighted by atomic mass is 16.5. The molecule has 0 aliphatic heterocycles. The van der Waals surface area contributed by atoms with Gasteiger partial charge in [-0.25, -0.2) is 0 Å². The Kier molecular flexibility index (Phi) is 5.79. The smallest absolute Gasteiger partial charge is 0.103 e. The molecule has 16 heavy (non-hydrogen) atoms. The van der Waals surface area contributed by atoms with Crippen LogP contribution in [0.4, 0.5) is 0 Å². The minimum atomic E-state index is -0.356. The quantitative estimate of drug-likeness (QED) is 0.645. The number of rotatable bonds is 8. The van der Waals surface area contributed by atoms with Crippen molar-refractivity contribution in [3.8, 4) is 6.07 Å². The van der Waals surface area contributed by atoms with Gasteiger partial charge in [0.1, 0.15) is 5.54 Å². The molecule has 0 aromatic heterocycles. The maximum Gasteiger partial charge on any atom is 0.103 e. The van der Waals surface area contributed by atoms with Crippen molar-refractivity contribution < 1.29 is 4.74 Å². The normalized spacial score (nSPS) is 19.8. The molecule has 1 N–H and O–H groups in total. The van der Waals surface area contributed by atoms with Crippen LogP contribution >= 0.6 is 0 Å². The predicted molar refractivity (Wildman–Crippen MR) is 65.1 cm³/mol. The molecule has 1 saturated carbocycles. The number of hydrogen-bond acceptors (Lipinski definition) is 3. The average Bonchev–Trinajstić information content (AvgIpc) is 2.21. The molecule has 1 aliphatic rings. The molecule has 1 rings (SSSR count). The van der Waals surface area contributed by atoms with Crippen LogP contribution in [0.25, 0.3) is 0 Å². The molecular formula is C13H24N2O. The zero-order valence-electron chi connectivity index (χ0n) is 10.6. The summed E-state index contributed by atoms with van der Waals surface area (Å²) in [5.41, 5.74) is -0.356. The van der Waals surface area contributed by atoms with E-state index in [0.717, 1.165) is 32.4 Å². The summed E-state index contributed by atoms with van der Waals surface area (Å²) in [7, 11) is 0. The van der Waals surface area contributed by atoms with Crippen molar-refractivity contribution in [2.24, 2.45) is 0 Å². The molecule has 0 heterocycles. The number of nitriles is 1. The minimum Gasteiger partial charge on any atom is -0.378 e. The van der Waals surface area contributed by atoms with Crippen molar-refractivity contribution in [3.63, 3.8) is 0 Å². The first kappa shape index (κ1) is 13.5. The van der Waals surface area contributed by atoms with E-state index in [4.69, 9.17) is 10.00 Å². The van der Waals surface area contributed by atoms with Gasteiger partial charge in [0.15, 0.2) is 0 Å². The largest absolute Gasteiger partial charge is 0.378 e. The van der Waals surface area contributed by atoms with Crippen molar-refractivity contribution in [1.29, 1.82) is 5.26 Å². The summed E-state index contributed by atoms with van der Waals surface area (Å²) >= 11 is 0. The molecule has 0 bridgehead atoms. The van der Waals surface area contributed by atoms with Crippen LogP contribution in [0.3, 0.4) is 0 Å². The van der Waals surface area contributed by atoms with E-state index in [-0.39, 0.29) is 5.54 Å². The molecule has 1 aliphatic carbocycles. The van der Waals surface area contributed by atoms with Crippen LogP contribution in [0.5, 0.6) is 0 Å². The maximum atomic E-state index is 9.06. The maximum absolute atomic E-state index is 9.06. The van der Waals surface area contributed by atoms with Crippen LogP contribution in [0.15, 0.2) is 0 Å². The van der Waals surface area contributed by atoms with E-state index in [1.807, 2.05) is 13.8 Å². The van der Waals surface area contributed by atoms with E-state index < -0.39 is 0 Å². The van der Waals surface area contributed by atoms with Crippen LogP contribution in [0.1, 0.15) is 52.4 Å². The Morgan fingerprint density at radius 3 is 2.69 bits per heavy atom. The molecule has 92 valence electrons. The van der Waals surface area contributed by atoms with Crippen LogP contribution in [-0.4, -0.2) is 24.8 Å². The zero-order chi connectivity index (χ0) is 11.9. The summed E-state index contributed by atoms with van der Waals surface area (Å²) in [4.78, 5) is 0. The van der Waals surface area contributed by atoms with E-state index in [9.17, 15) is 0 Å². The Labute approximate surface area is 99.2 Å². The fourth-order valence-corrected chi connectivity index (χ4v) is 1.94. The summed E-state index contributed by atoms with van der Waals surface area (Å²) in [5, 5.41) is 12.3. The zero-order valence-corrected chi connectivity index (χ0v) is 10.6. The molecule has 3 nitrogen and oxygen atoms in total. The number of unbranched alkanes of at least 4 members (excludes halogenated alkanes) is 1. The first-order valence-corrected chi connectivity index (χ1v) is 6.48. The Morgan fingerprint density at radius 2 is 2.19 bits per heavy atom. The van der Waals surface area contributed by atoms with Gasteiger partial charge in [-0.05, 0) is 52.0 Å². The molecule has 0 aromatic carbocycles. The lowest BCUT2D eigenvalue weighted by atomic mass is 9.95. The van der Waals surface area contributed by atoms with Crippen molar-refractivity contribution in [1.82, 2.24) is 5.32 Å². The number of ether oxygens (including phenoxy) is 1. The van der Waals surface area contributed by atoms with Crippen molar-refractivity contribution >= 4 is 0 Å². The Hall–Kier alpha value is -0.590. The summed E-state index contributed by atoms with van der Waals surface area (Å²) in [6.07, 6.45) is 7.39. The Morgan fingerprint density at radius 1 is 1.44 bits per heavy atom. The lowest BCUT2D eigenvalue weighted by Crippen LogP contribution is -2.40. The van der Waals surface area contributed by atoms with E-state index in [1.54, 1.807) is 0 Å². The highest BCUT2D eigenvalue weighted by Gasteiger charge is 2.21. The topological polar surface area (TPSA) is 45.0 Å².